The lowest BCUT2D eigenvalue weighted by Gasteiger charge is -2.11. The van der Waals surface area contributed by atoms with Crippen LogP contribution in [0.1, 0.15) is 11.1 Å². The second-order valence-corrected chi connectivity index (χ2v) is 7.55. The Balaban J connectivity index is 1.83. The van der Waals surface area contributed by atoms with Gasteiger partial charge < -0.3 is 10.1 Å². The van der Waals surface area contributed by atoms with Crippen LogP contribution in [0, 0.1) is 17.1 Å². The molecule has 0 bridgehead atoms. The molecule has 0 aromatic heterocycles. The van der Waals surface area contributed by atoms with Gasteiger partial charge in [0.2, 0.25) is 0 Å². The summed E-state index contributed by atoms with van der Waals surface area (Å²) in [6.45, 7) is 0.00794. The average molecular weight is 486 g/mol. The summed E-state index contributed by atoms with van der Waals surface area (Å²) in [6.07, 6.45) is 1.42. The predicted octanol–water partition coefficient (Wildman–Crippen LogP) is 6.37. The van der Waals surface area contributed by atoms with E-state index in [-0.39, 0.29) is 18.0 Å². The molecule has 3 aromatic rings. The fourth-order valence-electron chi connectivity index (χ4n) is 2.57. The standard InChI is InChI=1S/C23H15BrClFN2O2/c24-18-5-10-22(30-14-15-3-1-2-4-21(15)26)16(12-18)11-17(13-27)23(29)28-20-8-6-19(25)7-9-20/h1-12H,14H2,(H,28,29)/b17-11+. The Kier molecular flexibility index (Phi) is 7.23. The van der Waals surface area contributed by atoms with Gasteiger partial charge >= 0.3 is 0 Å². The first-order chi connectivity index (χ1) is 14.5. The maximum absolute atomic E-state index is 13.9. The third-order valence-corrected chi connectivity index (χ3v) is 4.83. The molecule has 0 radical (unpaired) electrons. The first kappa shape index (κ1) is 21.6. The van der Waals surface area contributed by atoms with E-state index >= 15 is 0 Å². The second-order valence-electron chi connectivity index (χ2n) is 6.19. The van der Waals surface area contributed by atoms with Crippen LogP contribution in [-0.2, 0) is 11.4 Å². The van der Waals surface area contributed by atoms with Crippen molar-refractivity contribution in [1.29, 1.82) is 5.26 Å². The smallest absolute Gasteiger partial charge is 0.266 e. The van der Waals surface area contributed by atoms with E-state index in [0.29, 0.717) is 27.6 Å². The van der Waals surface area contributed by atoms with Crippen LogP contribution >= 0.6 is 27.5 Å². The number of rotatable bonds is 6. The Morgan fingerprint density at radius 2 is 1.90 bits per heavy atom. The van der Waals surface area contributed by atoms with Crippen molar-refractivity contribution in [3.63, 3.8) is 0 Å². The van der Waals surface area contributed by atoms with E-state index < -0.39 is 5.91 Å². The van der Waals surface area contributed by atoms with Gasteiger partial charge in [0.15, 0.2) is 0 Å². The summed E-state index contributed by atoms with van der Waals surface area (Å²) >= 11 is 9.22. The number of hydrogen-bond acceptors (Lipinski definition) is 3. The fraction of sp³-hybridized carbons (Fsp3) is 0.0435. The molecule has 0 aliphatic rings. The zero-order valence-electron chi connectivity index (χ0n) is 15.5. The van der Waals surface area contributed by atoms with Crippen molar-refractivity contribution in [1.82, 2.24) is 0 Å². The summed E-state index contributed by atoms with van der Waals surface area (Å²) in [5, 5.41) is 12.7. The number of nitrogens with zero attached hydrogens (tertiary/aromatic N) is 1. The van der Waals surface area contributed by atoms with Gasteiger partial charge in [0, 0.05) is 26.3 Å². The SMILES string of the molecule is N#C/C(=C\c1cc(Br)ccc1OCc1ccccc1F)C(=O)Nc1ccc(Cl)cc1. The molecule has 3 aromatic carbocycles. The van der Waals surface area contributed by atoms with Crippen LogP contribution in [0.15, 0.2) is 76.8 Å². The first-order valence-electron chi connectivity index (χ1n) is 8.81. The Morgan fingerprint density at radius 3 is 2.60 bits per heavy atom. The lowest BCUT2D eigenvalue weighted by atomic mass is 10.1. The highest BCUT2D eigenvalue weighted by Gasteiger charge is 2.12. The predicted molar refractivity (Wildman–Crippen MR) is 119 cm³/mol. The average Bonchev–Trinajstić information content (AvgIpc) is 2.74. The number of hydrogen-bond donors (Lipinski definition) is 1. The highest BCUT2D eigenvalue weighted by atomic mass is 79.9. The molecule has 0 aliphatic carbocycles. The number of benzene rings is 3. The highest BCUT2D eigenvalue weighted by Crippen LogP contribution is 2.27. The molecule has 7 heteroatoms. The van der Waals surface area contributed by atoms with E-state index in [2.05, 4.69) is 21.2 Å². The van der Waals surface area contributed by atoms with E-state index in [1.165, 1.54) is 12.1 Å². The third-order valence-electron chi connectivity index (χ3n) is 4.08. The van der Waals surface area contributed by atoms with Crippen molar-refractivity contribution < 1.29 is 13.9 Å². The normalized spacial score (nSPS) is 10.9. The molecule has 0 spiro atoms. The van der Waals surface area contributed by atoms with E-state index in [9.17, 15) is 14.4 Å². The van der Waals surface area contributed by atoms with Gasteiger partial charge in [-0.1, -0.05) is 45.7 Å². The first-order valence-corrected chi connectivity index (χ1v) is 9.98. The Labute approximate surface area is 186 Å². The molecule has 0 saturated carbocycles. The quantitative estimate of drug-likeness (QED) is 0.326. The minimum Gasteiger partial charge on any atom is -0.488 e. The van der Waals surface area contributed by atoms with Gasteiger partial charge in [-0.15, -0.1) is 0 Å². The molecule has 3 rings (SSSR count). The lowest BCUT2D eigenvalue weighted by molar-refractivity contribution is -0.112. The van der Waals surface area contributed by atoms with Crippen LogP contribution in [0.25, 0.3) is 6.08 Å². The number of nitrogens with one attached hydrogen (secondary N) is 1. The molecule has 0 fully saturated rings. The minimum absolute atomic E-state index is 0.00794. The maximum Gasteiger partial charge on any atom is 0.266 e. The zero-order chi connectivity index (χ0) is 21.5. The van der Waals surface area contributed by atoms with Crippen molar-refractivity contribution >= 4 is 45.2 Å². The van der Waals surface area contributed by atoms with E-state index in [1.54, 1.807) is 60.7 Å². The van der Waals surface area contributed by atoms with Crippen LogP contribution in [-0.4, -0.2) is 5.91 Å². The molecular formula is C23H15BrClFN2O2. The van der Waals surface area contributed by atoms with E-state index in [1.807, 2.05) is 6.07 Å². The highest BCUT2D eigenvalue weighted by molar-refractivity contribution is 9.10. The molecule has 0 unspecified atom stereocenters. The molecule has 1 amide bonds. The topological polar surface area (TPSA) is 62.1 Å². The summed E-state index contributed by atoms with van der Waals surface area (Å²) in [5.74, 6) is -0.528. The molecule has 0 heterocycles. The van der Waals surface area contributed by atoms with Crippen LogP contribution in [0.2, 0.25) is 5.02 Å². The van der Waals surface area contributed by atoms with Crippen LogP contribution in [0.5, 0.6) is 5.75 Å². The minimum atomic E-state index is -0.570. The van der Waals surface area contributed by atoms with E-state index in [0.717, 1.165) is 4.47 Å². The molecule has 30 heavy (non-hydrogen) atoms. The van der Waals surface area contributed by atoms with Gasteiger partial charge in [-0.3, -0.25) is 4.79 Å². The number of halogens is 3. The van der Waals surface area contributed by atoms with Crippen molar-refractivity contribution in [3.8, 4) is 11.8 Å². The van der Waals surface area contributed by atoms with Gasteiger partial charge in [-0.05, 0) is 54.6 Å². The van der Waals surface area contributed by atoms with Crippen molar-refractivity contribution in [2.24, 2.45) is 0 Å². The zero-order valence-corrected chi connectivity index (χ0v) is 17.9. The summed E-state index contributed by atoms with van der Waals surface area (Å²) < 4.78 is 20.3. The lowest BCUT2D eigenvalue weighted by Crippen LogP contribution is -2.13. The fourth-order valence-corrected chi connectivity index (χ4v) is 3.08. The largest absolute Gasteiger partial charge is 0.488 e. The number of anilines is 1. The van der Waals surface area contributed by atoms with Gasteiger partial charge in [0.1, 0.15) is 29.8 Å². The second kappa shape index (κ2) is 10.1. The van der Waals surface area contributed by atoms with Crippen LogP contribution < -0.4 is 10.1 Å². The molecule has 1 N–H and O–H groups in total. The molecule has 0 atom stereocenters. The number of nitriles is 1. The van der Waals surface area contributed by atoms with Crippen molar-refractivity contribution in [2.75, 3.05) is 5.32 Å². The molecular weight excluding hydrogens is 471 g/mol. The summed E-state index contributed by atoms with van der Waals surface area (Å²) in [5.41, 5.74) is 1.30. The van der Waals surface area contributed by atoms with Gasteiger partial charge in [0.25, 0.3) is 5.91 Å². The Morgan fingerprint density at radius 1 is 1.17 bits per heavy atom. The number of carbonyl (C=O) groups is 1. The summed E-state index contributed by atoms with van der Waals surface area (Å²) in [4.78, 5) is 12.5. The Bertz CT molecular complexity index is 1140. The van der Waals surface area contributed by atoms with Gasteiger partial charge in [0.05, 0.1) is 0 Å². The van der Waals surface area contributed by atoms with Crippen LogP contribution in [0.4, 0.5) is 10.1 Å². The maximum atomic E-state index is 13.9. The number of amides is 1. The summed E-state index contributed by atoms with van der Waals surface area (Å²) in [6, 6.07) is 19.9. The molecule has 0 aliphatic heterocycles. The monoisotopic (exact) mass is 484 g/mol. The third kappa shape index (κ3) is 5.69. The molecule has 4 nitrogen and oxygen atoms in total. The van der Waals surface area contributed by atoms with Crippen molar-refractivity contribution in [2.45, 2.75) is 6.61 Å². The summed E-state index contributed by atoms with van der Waals surface area (Å²) in [7, 11) is 0. The van der Waals surface area contributed by atoms with Crippen molar-refractivity contribution in [3.05, 3.63) is 98.7 Å². The van der Waals surface area contributed by atoms with E-state index in [4.69, 9.17) is 16.3 Å². The number of ether oxygens (including phenoxy) is 1. The number of carbonyl (C=O) groups excluding carboxylic acids is 1. The Hall–Kier alpha value is -3.14. The van der Waals surface area contributed by atoms with Gasteiger partial charge in [-0.25, -0.2) is 4.39 Å². The van der Waals surface area contributed by atoms with Crippen LogP contribution in [0.3, 0.4) is 0 Å². The van der Waals surface area contributed by atoms with Gasteiger partial charge in [-0.2, -0.15) is 5.26 Å². The molecule has 0 saturated heterocycles. The molecule has 150 valence electrons.